The Balaban J connectivity index is 1.85. The fraction of sp³-hybridized carbons (Fsp3) is 0.190. The van der Waals surface area contributed by atoms with Gasteiger partial charge in [-0.1, -0.05) is 0 Å². The van der Waals surface area contributed by atoms with Gasteiger partial charge in [-0.05, 0) is 68.3 Å². The van der Waals surface area contributed by atoms with Crippen molar-refractivity contribution in [2.45, 2.75) is 20.8 Å². The van der Waals surface area contributed by atoms with E-state index in [1.807, 2.05) is 13.8 Å². The molecule has 0 spiro atoms. The first-order chi connectivity index (χ1) is 12.9. The Labute approximate surface area is 155 Å². The van der Waals surface area contributed by atoms with Gasteiger partial charge in [0, 0.05) is 11.8 Å². The number of rotatable bonds is 4. The molecule has 0 atom stereocenters. The average Bonchev–Trinajstić information content (AvgIpc) is 2.64. The zero-order valence-corrected chi connectivity index (χ0v) is 15.3. The number of fused-ring (bicyclic) bond motifs is 1. The molecule has 1 heterocycles. The lowest BCUT2D eigenvalue weighted by Gasteiger charge is -2.08. The molecule has 3 aromatic rings. The Morgan fingerprint density at radius 2 is 1.70 bits per heavy atom. The Morgan fingerprint density at radius 1 is 1.04 bits per heavy atom. The normalized spacial score (nSPS) is 10.6. The van der Waals surface area contributed by atoms with Crippen LogP contribution >= 0.6 is 0 Å². The average molecular weight is 365 g/mol. The summed E-state index contributed by atoms with van der Waals surface area (Å²) in [6.45, 7) is 5.84. The van der Waals surface area contributed by atoms with Gasteiger partial charge in [0.1, 0.15) is 5.58 Å². The molecule has 3 rings (SSSR count). The number of carbonyl (C=O) groups excluding carboxylic acids is 2. The fourth-order valence-corrected chi connectivity index (χ4v) is 2.62. The summed E-state index contributed by atoms with van der Waals surface area (Å²) in [5.74, 6) is -1.05. The van der Waals surface area contributed by atoms with Gasteiger partial charge in [0.25, 0.3) is 5.91 Å². The summed E-state index contributed by atoms with van der Waals surface area (Å²) in [4.78, 5) is 36.4. The standard InChI is InChI=1S/C21H19NO5/c1-4-26-21(25)14-5-7-15(8-6-14)22-20(24)19-11-17(23)16-9-12(2)13(3)10-18(16)27-19/h5-11H,4H2,1-3H3,(H,22,24). The fourth-order valence-electron chi connectivity index (χ4n) is 2.62. The zero-order chi connectivity index (χ0) is 19.6. The van der Waals surface area contributed by atoms with Crippen LogP contribution in [0.3, 0.4) is 0 Å². The molecule has 1 amide bonds. The molecular weight excluding hydrogens is 346 g/mol. The van der Waals surface area contributed by atoms with Crippen molar-refractivity contribution in [3.63, 3.8) is 0 Å². The molecule has 0 aliphatic carbocycles. The lowest BCUT2D eigenvalue weighted by atomic mass is 10.1. The van der Waals surface area contributed by atoms with Gasteiger partial charge in [0.15, 0.2) is 11.2 Å². The number of carbonyl (C=O) groups is 2. The lowest BCUT2D eigenvalue weighted by Crippen LogP contribution is -2.15. The van der Waals surface area contributed by atoms with Crippen molar-refractivity contribution >= 4 is 28.5 Å². The minimum absolute atomic E-state index is 0.0785. The van der Waals surface area contributed by atoms with Gasteiger partial charge in [-0.25, -0.2) is 4.79 Å². The Bertz CT molecular complexity index is 1080. The van der Waals surface area contributed by atoms with E-state index in [0.717, 1.165) is 11.1 Å². The van der Waals surface area contributed by atoms with Gasteiger partial charge in [-0.2, -0.15) is 0 Å². The predicted octanol–water partition coefficient (Wildman–Crippen LogP) is 3.84. The van der Waals surface area contributed by atoms with E-state index >= 15 is 0 Å². The summed E-state index contributed by atoms with van der Waals surface area (Å²) in [6, 6.07) is 10.9. The van der Waals surface area contributed by atoms with Crippen LogP contribution in [0.2, 0.25) is 0 Å². The minimum Gasteiger partial charge on any atom is -0.462 e. The van der Waals surface area contributed by atoms with Crippen LogP contribution in [0.1, 0.15) is 39.0 Å². The molecular formula is C21H19NO5. The van der Waals surface area contributed by atoms with Crippen LogP contribution in [0.25, 0.3) is 11.0 Å². The van der Waals surface area contributed by atoms with Crippen molar-refractivity contribution in [3.8, 4) is 0 Å². The van der Waals surface area contributed by atoms with Gasteiger partial charge in [0.05, 0.1) is 17.6 Å². The number of benzene rings is 2. The Kier molecular flexibility index (Phi) is 5.07. The second-order valence-electron chi connectivity index (χ2n) is 6.16. The van der Waals surface area contributed by atoms with Gasteiger partial charge < -0.3 is 14.5 Å². The first-order valence-electron chi connectivity index (χ1n) is 8.52. The SMILES string of the molecule is CCOC(=O)c1ccc(NC(=O)c2cc(=O)c3cc(C)c(C)cc3o2)cc1. The third-order valence-corrected chi connectivity index (χ3v) is 4.22. The van der Waals surface area contributed by atoms with E-state index in [2.05, 4.69) is 5.32 Å². The molecule has 1 N–H and O–H groups in total. The van der Waals surface area contributed by atoms with Crippen LogP contribution in [-0.2, 0) is 4.74 Å². The van der Waals surface area contributed by atoms with Crippen LogP contribution in [0.4, 0.5) is 5.69 Å². The number of esters is 1. The van der Waals surface area contributed by atoms with Gasteiger partial charge in [0.2, 0.25) is 0 Å². The van der Waals surface area contributed by atoms with Crippen LogP contribution < -0.4 is 10.7 Å². The molecule has 0 aliphatic heterocycles. The smallest absolute Gasteiger partial charge is 0.338 e. The molecule has 0 unspecified atom stereocenters. The first-order valence-corrected chi connectivity index (χ1v) is 8.52. The van der Waals surface area contributed by atoms with Crippen molar-refractivity contribution in [3.05, 3.63) is 75.1 Å². The first kappa shape index (κ1) is 18.4. The maximum absolute atomic E-state index is 12.4. The Hall–Kier alpha value is -3.41. The number of aryl methyl sites for hydroxylation is 2. The number of hydrogen-bond donors (Lipinski definition) is 1. The zero-order valence-electron chi connectivity index (χ0n) is 15.3. The molecule has 2 aromatic carbocycles. The van der Waals surface area contributed by atoms with E-state index in [0.29, 0.717) is 22.2 Å². The van der Waals surface area contributed by atoms with Crippen LogP contribution in [-0.4, -0.2) is 18.5 Å². The van der Waals surface area contributed by atoms with E-state index in [1.54, 1.807) is 43.3 Å². The van der Waals surface area contributed by atoms with Crippen LogP contribution in [0.15, 0.2) is 51.7 Å². The summed E-state index contributed by atoms with van der Waals surface area (Å²) in [5, 5.41) is 3.09. The van der Waals surface area contributed by atoms with Crippen molar-refractivity contribution in [1.29, 1.82) is 0 Å². The number of nitrogens with one attached hydrogen (secondary N) is 1. The summed E-state index contributed by atoms with van der Waals surface area (Å²) in [5.41, 5.74) is 2.90. The minimum atomic E-state index is -0.545. The second kappa shape index (κ2) is 7.45. The second-order valence-corrected chi connectivity index (χ2v) is 6.16. The summed E-state index contributed by atoms with van der Waals surface area (Å²) in [7, 11) is 0. The lowest BCUT2D eigenvalue weighted by molar-refractivity contribution is 0.0526. The van der Waals surface area contributed by atoms with Crippen molar-refractivity contribution in [1.82, 2.24) is 0 Å². The topological polar surface area (TPSA) is 85.6 Å². The molecule has 6 heteroatoms. The van der Waals surface area contributed by atoms with E-state index in [-0.39, 0.29) is 17.8 Å². The molecule has 0 fully saturated rings. The van der Waals surface area contributed by atoms with Crippen LogP contribution in [0, 0.1) is 13.8 Å². The van der Waals surface area contributed by atoms with Gasteiger partial charge >= 0.3 is 5.97 Å². The quantitative estimate of drug-likeness (QED) is 0.710. The molecule has 0 aliphatic rings. The summed E-state index contributed by atoms with van der Waals surface area (Å²) < 4.78 is 10.5. The maximum Gasteiger partial charge on any atom is 0.338 e. The van der Waals surface area contributed by atoms with Crippen molar-refractivity contribution in [2.24, 2.45) is 0 Å². The highest BCUT2D eigenvalue weighted by molar-refractivity contribution is 6.03. The molecule has 0 saturated carbocycles. The molecule has 138 valence electrons. The molecule has 0 bridgehead atoms. The van der Waals surface area contributed by atoms with E-state index in [9.17, 15) is 14.4 Å². The largest absolute Gasteiger partial charge is 0.462 e. The molecule has 27 heavy (non-hydrogen) atoms. The monoisotopic (exact) mass is 365 g/mol. The highest BCUT2D eigenvalue weighted by Crippen LogP contribution is 2.19. The Morgan fingerprint density at radius 3 is 2.37 bits per heavy atom. The highest BCUT2D eigenvalue weighted by atomic mass is 16.5. The molecule has 0 radical (unpaired) electrons. The van der Waals surface area contributed by atoms with Gasteiger partial charge in [-0.3, -0.25) is 9.59 Å². The number of amides is 1. The molecule has 1 aromatic heterocycles. The number of hydrogen-bond acceptors (Lipinski definition) is 5. The highest BCUT2D eigenvalue weighted by Gasteiger charge is 2.14. The van der Waals surface area contributed by atoms with Crippen molar-refractivity contribution in [2.75, 3.05) is 11.9 Å². The third kappa shape index (κ3) is 3.89. The van der Waals surface area contributed by atoms with Crippen LogP contribution in [0.5, 0.6) is 0 Å². The number of anilines is 1. The predicted molar refractivity (Wildman–Crippen MR) is 102 cm³/mol. The third-order valence-electron chi connectivity index (χ3n) is 4.22. The summed E-state index contributed by atoms with van der Waals surface area (Å²) in [6.07, 6.45) is 0. The molecule has 6 nitrogen and oxygen atoms in total. The van der Waals surface area contributed by atoms with E-state index in [1.165, 1.54) is 6.07 Å². The molecule has 0 saturated heterocycles. The number of ether oxygens (including phenoxy) is 1. The van der Waals surface area contributed by atoms with E-state index in [4.69, 9.17) is 9.15 Å². The summed E-state index contributed by atoms with van der Waals surface area (Å²) >= 11 is 0. The maximum atomic E-state index is 12.4. The van der Waals surface area contributed by atoms with Crippen molar-refractivity contribution < 1.29 is 18.7 Å². The van der Waals surface area contributed by atoms with Gasteiger partial charge in [-0.15, -0.1) is 0 Å². The van der Waals surface area contributed by atoms with E-state index < -0.39 is 11.9 Å².